The minimum Gasteiger partial charge on any atom is -0.481 e. The molecule has 12 heteroatoms. The van der Waals surface area contributed by atoms with Gasteiger partial charge in [0.15, 0.2) is 25.6 Å². The number of fused-ring (bicyclic) bond motifs is 1. The third-order valence-corrected chi connectivity index (χ3v) is 12.7. The number of hydrogen-bond acceptors (Lipinski definition) is 7. The van der Waals surface area contributed by atoms with Crippen molar-refractivity contribution in [3.8, 4) is 17.1 Å². The van der Waals surface area contributed by atoms with Gasteiger partial charge in [-0.25, -0.2) is 28.2 Å². The largest absolute Gasteiger partial charge is 0.481 e. The zero-order chi connectivity index (χ0) is 28.7. The number of aromatic amines is 1. The number of nitrogens with one attached hydrogen (secondary N) is 1. The third kappa shape index (κ3) is 5.34. The molecule has 1 fully saturated rings. The van der Waals surface area contributed by atoms with E-state index in [1.165, 1.54) is 23.9 Å². The molecule has 40 heavy (non-hydrogen) atoms. The lowest BCUT2D eigenvalue weighted by Gasteiger charge is -2.36. The van der Waals surface area contributed by atoms with E-state index in [1.807, 2.05) is 4.90 Å². The monoisotopic (exact) mass is 569 g/mol. The van der Waals surface area contributed by atoms with E-state index >= 15 is 4.39 Å². The first-order valence-corrected chi connectivity index (χ1v) is 16.6. The van der Waals surface area contributed by atoms with Crippen molar-refractivity contribution >= 4 is 19.8 Å². The number of imidazole rings is 1. The van der Waals surface area contributed by atoms with E-state index in [9.17, 15) is 4.39 Å². The highest BCUT2D eigenvalue weighted by molar-refractivity contribution is 6.74. The van der Waals surface area contributed by atoms with Crippen molar-refractivity contribution in [2.24, 2.45) is 0 Å². The summed E-state index contributed by atoms with van der Waals surface area (Å²) in [5.41, 5.74) is 3.47. The van der Waals surface area contributed by atoms with Crippen molar-refractivity contribution in [2.45, 2.75) is 70.6 Å². The fraction of sp³-hybridized carbons (Fsp3) is 0.500. The lowest BCUT2D eigenvalue weighted by molar-refractivity contribution is 0.282. The predicted molar refractivity (Wildman–Crippen MR) is 152 cm³/mol. The second-order valence-electron chi connectivity index (χ2n) is 11.8. The molecule has 0 amide bonds. The van der Waals surface area contributed by atoms with E-state index in [1.54, 1.807) is 12.5 Å². The van der Waals surface area contributed by atoms with Crippen LogP contribution in [-0.4, -0.2) is 58.1 Å². The van der Waals surface area contributed by atoms with Crippen LogP contribution in [0.2, 0.25) is 18.1 Å². The van der Waals surface area contributed by atoms with Gasteiger partial charge in [0.1, 0.15) is 5.82 Å². The maximum Gasteiger partial charge on any atom is 0.218 e. The molecule has 1 aliphatic heterocycles. The van der Waals surface area contributed by atoms with Gasteiger partial charge in [0.25, 0.3) is 0 Å². The van der Waals surface area contributed by atoms with Crippen molar-refractivity contribution < 1.29 is 17.9 Å². The average molecular weight is 570 g/mol. The molecule has 5 rings (SSSR count). The second kappa shape index (κ2) is 10.9. The number of aryl methyl sites for hydroxylation is 1. The van der Waals surface area contributed by atoms with Gasteiger partial charge in [-0.05, 0) is 49.9 Å². The molecule has 4 aromatic rings. The lowest BCUT2D eigenvalue weighted by Crippen LogP contribution is -2.41. The van der Waals surface area contributed by atoms with Gasteiger partial charge in [-0.2, -0.15) is 5.10 Å². The Bertz CT molecular complexity index is 1500. The van der Waals surface area contributed by atoms with E-state index < -0.39 is 20.0 Å². The van der Waals surface area contributed by atoms with Crippen molar-refractivity contribution in [3.63, 3.8) is 0 Å². The van der Waals surface area contributed by atoms with E-state index in [-0.39, 0.29) is 16.9 Å². The van der Waals surface area contributed by atoms with Crippen LogP contribution in [0.25, 0.3) is 16.9 Å². The SMILES string of the molecule is COc1ncc(F)cc1[C@H]1CCCN1c1nc2c(-c3nc[nH]c3CCCO[Si](C)(C)C(C)(C)C)cnn2cc1F. The number of nitrogens with zero attached hydrogens (tertiary/aromatic N) is 6. The summed E-state index contributed by atoms with van der Waals surface area (Å²) in [6, 6.07) is 1.08. The molecular weight excluding hydrogens is 532 g/mol. The van der Waals surface area contributed by atoms with Crippen molar-refractivity contribution in [1.82, 2.24) is 29.5 Å². The molecule has 0 aliphatic carbocycles. The Balaban J connectivity index is 1.42. The Morgan fingerprint density at radius 3 is 2.73 bits per heavy atom. The Kier molecular flexibility index (Phi) is 7.66. The number of rotatable bonds is 9. The summed E-state index contributed by atoms with van der Waals surface area (Å²) < 4.78 is 42.7. The van der Waals surface area contributed by atoms with E-state index in [0.29, 0.717) is 42.2 Å². The van der Waals surface area contributed by atoms with Crippen molar-refractivity contribution in [1.29, 1.82) is 0 Å². The van der Waals surface area contributed by atoms with Gasteiger partial charge < -0.3 is 19.0 Å². The Hall–Kier alpha value is -3.38. The van der Waals surface area contributed by atoms with Gasteiger partial charge in [-0.15, -0.1) is 0 Å². The number of aromatic nitrogens is 6. The highest BCUT2D eigenvalue weighted by Gasteiger charge is 2.37. The molecule has 9 nitrogen and oxygen atoms in total. The topological polar surface area (TPSA) is 93.5 Å². The Morgan fingerprint density at radius 2 is 1.98 bits per heavy atom. The highest BCUT2D eigenvalue weighted by Crippen LogP contribution is 2.40. The minimum absolute atomic E-state index is 0.159. The number of pyridine rings is 1. The Morgan fingerprint density at radius 1 is 1.18 bits per heavy atom. The number of ether oxygens (including phenoxy) is 1. The standard InChI is InChI=1S/C28H37F2N7O2Si/c1-28(2,3)40(5,6)39-12-8-9-22-24(33-17-32-22)20-15-34-37-16-21(30)26(35-25(20)37)36-11-7-10-23(36)19-13-18(29)14-31-27(19)38-4/h13-17,23H,7-12H2,1-6H3,(H,32,33)/t23-/m1/s1. The molecule has 0 radical (unpaired) electrons. The molecule has 4 aromatic heterocycles. The Labute approximate surface area is 234 Å². The van der Waals surface area contributed by atoms with Gasteiger partial charge in [0.05, 0.1) is 49.3 Å². The van der Waals surface area contributed by atoms with Crippen LogP contribution < -0.4 is 9.64 Å². The molecule has 0 unspecified atom stereocenters. The molecule has 0 spiro atoms. The number of halogens is 2. The van der Waals surface area contributed by atoms with Gasteiger partial charge in [0, 0.05) is 24.4 Å². The number of methoxy groups -OCH3 is 1. The number of hydrogen-bond donors (Lipinski definition) is 1. The fourth-order valence-electron chi connectivity index (χ4n) is 4.98. The molecule has 5 heterocycles. The molecule has 0 bridgehead atoms. The summed E-state index contributed by atoms with van der Waals surface area (Å²) in [6.45, 7) is 12.4. The molecule has 1 atom stereocenters. The smallest absolute Gasteiger partial charge is 0.218 e. The lowest BCUT2D eigenvalue weighted by atomic mass is 10.1. The predicted octanol–water partition coefficient (Wildman–Crippen LogP) is 6.10. The first-order chi connectivity index (χ1) is 19.0. The van der Waals surface area contributed by atoms with Crippen LogP contribution >= 0.6 is 0 Å². The fourth-order valence-corrected chi connectivity index (χ4v) is 6.07. The molecule has 1 N–H and O–H groups in total. The summed E-state index contributed by atoms with van der Waals surface area (Å²) in [7, 11) is -0.323. The maximum atomic E-state index is 15.4. The van der Waals surface area contributed by atoms with Gasteiger partial charge in [-0.3, -0.25) is 0 Å². The summed E-state index contributed by atoms with van der Waals surface area (Å²) in [4.78, 5) is 18.5. The first-order valence-electron chi connectivity index (χ1n) is 13.7. The summed E-state index contributed by atoms with van der Waals surface area (Å²) in [5.74, 6) is -0.473. The molecule has 1 saturated heterocycles. The molecule has 1 aliphatic rings. The van der Waals surface area contributed by atoms with Gasteiger partial charge in [-0.1, -0.05) is 20.8 Å². The summed E-state index contributed by atoms with van der Waals surface area (Å²) in [6.07, 6.45) is 8.85. The second-order valence-corrected chi connectivity index (χ2v) is 16.6. The number of anilines is 1. The van der Waals surface area contributed by atoms with Gasteiger partial charge >= 0.3 is 0 Å². The van der Waals surface area contributed by atoms with E-state index in [4.69, 9.17) is 14.1 Å². The van der Waals surface area contributed by atoms with E-state index in [2.05, 4.69) is 53.9 Å². The molecule has 214 valence electrons. The zero-order valence-electron chi connectivity index (χ0n) is 24.0. The summed E-state index contributed by atoms with van der Waals surface area (Å²) in [5, 5.41) is 4.52. The quantitative estimate of drug-likeness (QED) is 0.192. The highest BCUT2D eigenvalue weighted by atomic mass is 28.4. The zero-order valence-corrected chi connectivity index (χ0v) is 25.0. The molecule has 0 saturated carbocycles. The summed E-state index contributed by atoms with van der Waals surface area (Å²) >= 11 is 0. The van der Waals surface area contributed by atoms with Crippen LogP contribution in [-0.2, 0) is 10.8 Å². The van der Waals surface area contributed by atoms with Crippen LogP contribution in [0.3, 0.4) is 0 Å². The van der Waals surface area contributed by atoms with Crippen LogP contribution in [0.15, 0.2) is 31.0 Å². The molecular formula is C28H37F2N7O2Si. The van der Waals surface area contributed by atoms with Crippen LogP contribution in [0.1, 0.15) is 57.3 Å². The van der Waals surface area contributed by atoms with E-state index in [0.717, 1.165) is 36.8 Å². The average Bonchev–Trinajstić information content (AvgIpc) is 3.64. The number of H-pyrrole nitrogens is 1. The van der Waals surface area contributed by atoms with Crippen LogP contribution in [0.5, 0.6) is 5.88 Å². The molecule has 0 aromatic carbocycles. The van der Waals surface area contributed by atoms with Crippen LogP contribution in [0.4, 0.5) is 14.6 Å². The minimum atomic E-state index is -1.82. The van der Waals surface area contributed by atoms with Crippen molar-refractivity contribution in [2.75, 3.05) is 25.2 Å². The van der Waals surface area contributed by atoms with Crippen LogP contribution in [0, 0.1) is 11.6 Å². The maximum absolute atomic E-state index is 15.4. The normalized spacial score (nSPS) is 16.3. The third-order valence-electron chi connectivity index (χ3n) is 8.17. The van der Waals surface area contributed by atoms with Crippen molar-refractivity contribution in [3.05, 3.63) is 53.9 Å². The first kappa shape index (κ1) is 28.2. The van der Waals surface area contributed by atoms with Gasteiger partial charge in [0.2, 0.25) is 5.88 Å².